The van der Waals surface area contributed by atoms with E-state index < -0.39 is 16.1 Å². The minimum atomic E-state index is -3.87. The van der Waals surface area contributed by atoms with Crippen LogP contribution >= 0.6 is 0 Å². The third-order valence-electron chi connectivity index (χ3n) is 4.00. The Morgan fingerprint density at radius 2 is 1.78 bits per heavy atom. The fourth-order valence-corrected chi connectivity index (χ4v) is 3.98. The minimum Gasteiger partial charge on any atom is -0.496 e. The molecule has 2 aromatic carbocycles. The first-order chi connectivity index (χ1) is 12.7. The zero-order chi connectivity index (χ0) is 20.0. The first-order valence-corrected chi connectivity index (χ1v) is 10.2. The van der Waals surface area contributed by atoms with Gasteiger partial charge >= 0.3 is 0 Å². The molecule has 0 saturated carbocycles. The van der Waals surface area contributed by atoms with Crippen molar-refractivity contribution in [1.29, 1.82) is 0 Å². The maximum atomic E-state index is 12.8. The predicted octanol–water partition coefficient (Wildman–Crippen LogP) is 2.42. The Hall–Kier alpha value is -2.38. The van der Waals surface area contributed by atoms with Gasteiger partial charge < -0.3 is 10.1 Å². The molecular formula is C20H26N2O4S. The molecule has 27 heavy (non-hydrogen) atoms. The Bertz CT molecular complexity index is 880. The highest BCUT2D eigenvalue weighted by Crippen LogP contribution is 2.21. The first kappa shape index (κ1) is 20.9. The summed E-state index contributed by atoms with van der Waals surface area (Å²) < 4.78 is 33.4. The average molecular weight is 391 g/mol. The number of ether oxygens (including phenoxy) is 1. The van der Waals surface area contributed by atoms with Crippen molar-refractivity contribution in [2.45, 2.75) is 44.2 Å². The molecule has 0 fully saturated rings. The molecule has 0 aromatic heterocycles. The van der Waals surface area contributed by atoms with Gasteiger partial charge in [-0.15, -0.1) is 0 Å². The van der Waals surface area contributed by atoms with Crippen LogP contribution in [0.3, 0.4) is 0 Å². The second-order valence-electron chi connectivity index (χ2n) is 6.66. The summed E-state index contributed by atoms with van der Waals surface area (Å²) in [6.07, 6.45) is 0.258. The zero-order valence-electron chi connectivity index (χ0n) is 16.0. The van der Waals surface area contributed by atoms with E-state index in [1.165, 1.54) is 19.2 Å². The third kappa shape index (κ3) is 5.80. The Labute approximate surface area is 161 Å². The van der Waals surface area contributed by atoms with Crippen LogP contribution in [-0.4, -0.2) is 33.5 Å². The largest absolute Gasteiger partial charge is 0.496 e. The smallest absolute Gasteiger partial charge is 0.241 e. The van der Waals surface area contributed by atoms with E-state index >= 15 is 0 Å². The summed E-state index contributed by atoms with van der Waals surface area (Å²) in [5.74, 6) is 0.245. The number of carbonyl (C=O) groups excluding carboxylic acids is 1. The van der Waals surface area contributed by atoms with E-state index in [1.807, 2.05) is 44.2 Å². The van der Waals surface area contributed by atoms with Crippen LogP contribution in [0, 0.1) is 6.92 Å². The Balaban J connectivity index is 2.29. The highest BCUT2D eigenvalue weighted by Gasteiger charge is 2.26. The molecule has 0 aliphatic rings. The summed E-state index contributed by atoms with van der Waals surface area (Å²) in [7, 11) is -2.35. The van der Waals surface area contributed by atoms with Crippen molar-refractivity contribution in [2.24, 2.45) is 0 Å². The van der Waals surface area contributed by atoms with Crippen LogP contribution in [0.15, 0.2) is 53.4 Å². The molecule has 146 valence electrons. The fraction of sp³-hybridized carbons (Fsp3) is 0.350. The van der Waals surface area contributed by atoms with Gasteiger partial charge in [-0.2, -0.15) is 4.72 Å². The molecule has 2 N–H and O–H groups in total. The number of benzene rings is 2. The van der Waals surface area contributed by atoms with Crippen molar-refractivity contribution >= 4 is 15.9 Å². The van der Waals surface area contributed by atoms with Gasteiger partial charge in [-0.3, -0.25) is 4.79 Å². The first-order valence-electron chi connectivity index (χ1n) is 8.74. The molecule has 7 heteroatoms. The van der Waals surface area contributed by atoms with Gasteiger partial charge in [0, 0.05) is 6.04 Å². The van der Waals surface area contributed by atoms with Crippen LogP contribution in [0.5, 0.6) is 5.75 Å². The molecule has 0 saturated heterocycles. The predicted molar refractivity (Wildman–Crippen MR) is 105 cm³/mol. The molecule has 0 unspecified atom stereocenters. The Morgan fingerprint density at radius 1 is 1.11 bits per heavy atom. The molecule has 2 rings (SSSR count). The lowest BCUT2D eigenvalue weighted by molar-refractivity contribution is -0.123. The van der Waals surface area contributed by atoms with Gasteiger partial charge in [0.15, 0.2) is 0 Å². The van der Waals surface area contributed by atoms with E-state index in [2.05, 4.69) is 10.0 Å². The van der Waals surface area contributed by atoms with Crippen LogP contribution in [0.2, 0.25) is 0 Å². The number of sulfonamides is 1. The maximum absolute atomic E-state index is 12.8. The summed E-state index contributed by atoms with van der Waals surface area (Å²) in [5.41, 5.74) is 1.57. The molecule has 1 atom stereocenters. The summed E-state index contributed by atoms with van der Waals surface area (Å²) in [5, 5.41) is 2.78. The standard InChI is InChI=1S/C20H26N2O4S/c1-14(2)21-20(23)18(13-16-8-6-5-7-9-16)22-27(24,25)17-10-11-19(26-4)15(3)12-17/h5-12,14,18,22H,13H2,1-4H3,(H,21,23)/t18-/m1/s1. The normalized spacial score (nSPS) is 12.6. The number of methoxy groups -OCH3 is 1. The molecule has 0 aliphatic heterocycles. The second kappa shape index (κ2) is 9.01. The van der Waals surface area contributed by atoms with E-state index in [0.717, 1.165) is 5.56 Å². The zero-order valence-corrected chi connectivity index (χ0v) is 16.8. The lowest BCUT2D eigenvalue weighted by atomic mass is 10.1. The number of rotatable bonds is 8. The lowest BCUT2D eigenvalue weighted by Gasteiger charge is -2.20. The van der Waals surface area contributed by atoms with Gasteiger partial charge in [0.1, 0.15) is 11.8 Å². The number of hydrogen-bond donors (Lipinski definition) is 2. The van der Waals surface area contributed by atoms with Crippen molar-refractivity contribution in [1.82, 2.24) is 10.0 Å². The van der Waals surface area contributed by atoms with E-state index in [-0.39, 0.29) is 23.3 Å². The molecular weight excluding hydrogens is 364 g/mol. The molecule has 0 bridgehead atoms. The van der Waals surface area contributed by atoms with E-state index in [4.69, 9.17) is 4.74 Å². The van der Waals surface area contributed by atoms with Crippen LogP contribution in [0.1, 0.15) is 25.0 Å². The number of aryl methyl sites for hydroxylation is 1. The van der Waals surface area contributed by atoms with Crippen molar-refractivity contribution in [2.75, 3.05) is 7.11 Å². The van der Waals surface area contributed by atoms with Gasteiger partial charge in [0.2, 0.25) is 15.9 Å². The highest BCUT2D eigenvalue weighted by molar-refractivity contribution is 7.89. The minimum absolute atomic E-state index is 0.0937. The van der Waals surface area contributed by atoms with Crippen LogP contribution in [0.4, 0.5) is 0 Å². The SMILES string of the molecule is COc1ccc(S(=O)(=O)N[C@H](Cc2ccccc2)C(=O)NC(C)C)cc1C. The van der Waals surface area contributed by atoms with Crippen LogP contribution < -0.4 is 14.8 Å². The molecule has 6 nitrogen and oxygen atoms in total. The molecule has 0 spiro atoms. The Kier molecular flexibility index (Phi) is 6.98. The van der Waals surface area contributed by atoms with Crippen molar-refractivity contribution < 1.29 is 17.9 Å². The third-order valence-corrected chi connectivity index (χ3v) is 5.47. The monoisotopic (exact) mass is 390 g/mol. The number of carbonyl (C=O) groups is 1. The Morgan fingerprint density at radius 3 is 2.33 bits per heavy atom. The number of hydrogen-bond acceptors (Lipinski definition) is 4. The van der Waals surface area contributed by atoms with E-state index in [9.17, 15) is 13.2 Å². The van der Waals surface area contributed by atoms with Crippen molar-refractivity contribution in [3.63, 3.8) is 0 Å². The molecule has 0 radical (unpaired) electrons. The van der Waals surface area contributed by atoms with E-state index in [1.54, 1.807) is 13.0 Å². The second-order valence-corrected chi connectivity index (χ2v) is 8.37. The van der Waals surface area contributed by atoms with Gasteiger partial charge in [-0.1, -0.05) is 30.3 Å². The van der Waals surface area contributed by atoms with Crippen molar-refractivity contribution in [3.8, 4) is 5.75 Å². The van der Waals surface area contributed by atoms with Gasteiger partial charge in [-0.05, 0) is 56.5 Å². The number of nitrogens with one attached hydrogen (secondary N) is 2. The maximum Gasteiger partial charge on any atom is 0.241 e. The number of amides is 1. The fourth-order valence-electron chi connectivity index (χ4n) is 2.70. The van der Waals surface area contributed by atoms with Gasteiger partial charge in [-0.25, -0.2) is 8.42 Å². The topological polar surface area (TPSA) is 84.5 Å². The van der Waals surface area contributed by atoms with Gasteiger partial charge in [0.25, 0.3) is 0 Å². The lowest BCUT2D eigenvalue weighted by Crippen LogP contribution is -2.49. The summed E-state index contributed by atoms with van der Waals surface area (Å²) >= 11 is 0. The quantitative estimate of drug-likeness (QED) is 0.725. The molecule has 0 aliphatic carbocycles. The molecule has 2 aromatic rings. The molecule has 1 amide bonds. The summed E-state index contributed by atoms with van der Waals surface area (Å²) in [4.78, 5) is 12.7. The van der Waals surface area contributed by atoms with Crippen LogP contribution in [0.25, 0.3) is 0 Å². The summed E-state index contributed by atoms with van der Waals surface area (Å²) in [6.45, 7) is 5.43. The highest BCUT2D eigenvalue weighted by atomic mass is 32.2. The molecule has 0 heterocycles. The van der Waals surface area contributed by atoms with Gasteiger partial charge in [0.05, 0.1) is 12.0 Å². The summed E-state index contributed by atoms with van der Waals surface area (Å²) in [6, 6.07) is 12.9. The van der Waals surface area contributed by atoms with E-state index in [0.29, 0.717) is 11.3 Å². The van der Waals surface area contributed by atoms with Crippen molar-refractivity contribution in [3.05, 3.63) is 59.7 Å². The average Bonchev–Trinajstić information content (AvgIpc) is 2.61. The van der Waals surface area contributed by atoms with Crippen LogP contribution in [-0.2, 0) is 21.2 Å².